The molecule has 1 N–H and O–H groups in total. The molecule has 1 aliphatic rings. The number of thiazole rings is 1. The van der Waals surface area contributed by atoms with Crippen LogP contribution in [0.15, 0.2) is 5.38 Å². The number of aromatic nitrogens is 1. The maximum absolute atomic E-state index is 11.9. The van der Waals surface area contributed by atoms with E-state index in [2.05, 4.69) is 10.3 Å². The van der Waals surface area contributed by atoms with Crippen molar-refractivity contribution in [3.63, 3.8) is 0 Å². The summed E-state index contributed by atoms with van der Waals surface area (Å²) in [5, 5.41) is 5.92. The molecule has 0 amide bonds. The predicted molar refractivity (Wildman–Crippen MR) is 52.2 cm³/mol. The highest BCUT2D eigenvalue weighted by Gasteiger charge is 2.40. The van der Waals surface area contributed by atoms with Crippen molar-refractivity contribution in [2.24, 2.45) is 5.41 Å². The summed E-state index contributed by atoms with van der Waals surface area (Å²) in [7, 11) is 0. The van der Waals surface area contributed by atoms with Gasteiger partial charge in [0.25, 0.3) is 0 Å². The van der Waals surface area contributed by atoms with E-state index in [1.54, 1.807) is 0 Å². The monoisotopic (exact) mass is 196 g/mol. The van der Waals surface area contributed by atoms with E-state index in [1.165, 1.54) is 11.3 Å². The highest BCUT2D eigenvalue weighted by molar-refractivity contribution is 7.09. The predicted octanol–water partition coefficient (Wildman–Crippen LogP) is 1.24. The number of carbonyl (C=O) groups excluding carboxylic acids is 1. The van der Waals surface area contributed by atoms with Gasteiger partial charge >= 0.3 is 0 Å². The molecular formula is C9H12N2OS. The Morgan fingerprint density at radius 1 is 1.69 bits per heavy atom. The molecule has 1 aromatic heterocycles. The maximum atomic E-state index is 11.9. The van der Waals surface area contributed by atoms with Crippen LogP contribution < -0.4 is 5.32 Å². The average molecular weight is 196 g/mol. The molecule has 0 bridgehead atoms. The Hall–Kier alpha value is -0.740. The summed E-state index contributed by atoms with van der Waals surface area (Å²) >= 11 is 1.53. The summed E-state index contributed by atoms with van der Waals surface area (Å²) < 4.78 is 0. The molecule has 0 unspecified atom stereocenters. The fourth-order valence-electron chi connectivity index (χ4n) is 1.44. The lowest BCUT2D eigenvalue weighted by molar-refractivity contribution is 0.0716. The van der Waals surface area contributed by atoms with Crippen molar-refractivity contribution in [2.45, 2.75) is 13.8 Å². The molecule has 70 valence electrons. The minimum atomic E-state index is -0.208. The summed E-state index contributed by atoms with van der Waals surface area (Å²) in [5.74, 6) is 0.176. The quantitative estimate of drug-likeness (QED) is 0.724. The van der Waals surface area contributed by atoms with Crippen LogP contribution in [0.3, 0.4) is 0 Å². The van der Waals surface area contributed by atoms with Crippen LogP contribution in [0.25, 0.3) is 0 Å². The fraction of sp³-hybridized carbons (Fsp3) is 0.556. The van der Waals surface area contributed by atoms with Gasteiger partial charge in [0.2, 0.25) is 0 Å². The van der Waals surface area contributed by atoms with Crippen molar-refractivity contribution in [1.82, 2.24) is 10.3 Å². The van der Waals surface area contributed by atoms with Gasteiger partial charge in [-0.25, -0.2) is 4.98 Å². The Morgan fingerprint density at radius 2 is 2.38 bits per heavy atom. The first-order chi connectivity index (χ1) is 6.12. The van der Waals surface area contributed by atoms with Gasteiger partial charge in [0, 0.05) is 18.5 Å². The molecule has 4 heteroatoms. The van der Waals surface area contributed by atoms with Gasteiger partial charge in [-0.3, -0.25) is 4.79 Å². The fourth-order valence-corrected chi connectivity index (χ4v) is 2.03. The highest BCUT2D eigenvalue weighted by atomic mass is 32.1. The summed E-state index contributed by atoms with van der Waals surface area (Å²) in [5.41, 5.74) is 0.423. The van der Waals surface area contributed by atoms with E-state index in [4.69, 9.17) is 0 Å². The number of ketones is 1. The second-order valence-electron chi connectivity index (χ2n) is 3.75. The molecule has 1 saturated heterocycles. The molecule has 1 fully saturated rings. The lowest BCUT2D eigenvalue weighted by atomic mass is 9.79. The minimum Gasteiger partial charge on any atom is -0.315 e. The average Bonchev–Trinajstić information content (AvgIpc) is 2.46. The molecule has 0 atom stereocenters. The van der Waals surface area contributed by atoms with E-state index < -0.39 is 0 Å². The number of rotatable bonds is 2. The zero-order valence-corrected chi connectivity index (χ0v) is 8.57. The first-order valence-corrected chi connectivity index (χ1v) is 5.17. The van der Waals surface area contributed by atoms with Crippen LogP contribution >= 0.6 is 11.3 Å². The Balaban J connectivity index is 2.22. The second-order valence-corrected chi connectivity index (χ2v) is 4.81. The number of nitrogens with one attached hydrogen (secondary N) is 1. The maximum Gasteiger partial charge on any atom is 0.190 e. The number of aryl methyl sites for hydroxylation is 1. The van der Waals surface area contributed by atoms with Crippen LogP contribution in [0.4, 0.5) is 0 Å². The van der Waals surface area contributed by atoms with Gasteiger partial charge < -0.3 is 5.32 Å². The molecule has 0 aromatic carbocycles. The lowest BCUT2D eigenvalue weighted by Gasteiger charge is -2.37. The Bertz CT molecular complexity index is 341. The van der Waals surface area contributed by atoms with Crippen LogP contribution in [-0.4, -0.2) is 23.9 Å². The molecular weight excluding hydrogens is 184 g/mol. The third-order valence-corrected chi connectivity index (χ3v) is 3.20. The van der Waals surface area contributed by atoms with Crippen molar-refractivity contribution in [3.05, 3.63) is 16.1 Å². The van der Waals surface area contributed by atoms with Crippen molar-refractivity contribution >= 4 is 17.1 Å². The van der Waals surface area contributed by atoms with Crippen LogP contribution in [0.1, 0.15) is 22.4 Å². The van der Waals surface area contributed by atoms with Gasteiger partial charge in [-0.1, -0.05) is 0 Å². The van der Waals surface area contributed by atoms with Crippen molar-refractivity contribution in [1.29, 1.82) is 0 Å². The van der Waals surface area contributed by atoms with Crippen molar-refractivity contribution in [2.75, 3.05) is 13.1 Å². The summed E-state index contributed by atoms with van der Waals surface area (Å²) in [6.45, 7) is 5.47. The molecule has 1 aliphatic heterocycles. The van der Waals surface area contributed by atoms with E-state index in [-0.39, 0.29) is 11.2 Å². The number of carbonyl (C=O) groups is 1. The van der Waals surface area contributed by atoms with Gasteiger partial charge in [-0.15, -0.1) is 11.3 Å². The number of hydrogen-bond acceptors (Lipinski definition) is 4. The number of nitrogens with zero attached hydrogens (tertiary/aromatic N) is 1. The van der Waals surface area contributed by atoms with Gasteiger partial charge in [0.05, 0.1) is 10.4 Å². The topological polar surface area (TPSA) is 42.0 Å². The van der Waals surface area contributed by atoms with E-state index >= 15 is 0 Å². The number of hydrogen-bond donors (Lipinski definition) is 1. The van der Waals surface area contributed by atoms with E-state index in [0.29, 0.717) is 5.69 Å². The van der Waals surface area contributed by atoms with Crippen molar-refractivity contribution in [3.8, 4) is 0 Å². The second kappa shape index (κ2) is 2.89. The molecule has 0 spiro atoms. The van der Waals surface area contributed by atoms with Crippen molar-refractivity contribution < 1.29 is 4.79 Å². The molecule has 1 aromatic rings. The molecule has 2 rings (SSSR count). The smallest absolute Gasteiger partial charge is 0.190 e. The third-order valence-electron chi connectivity index (χ3n) is 2.43. The summed E-state index contributed by atoms with van der Waals surface area (Å²) in [6, 6.07) is 0. The SMILES string of the molecule is Cc1nc(C(=O)C2(C)CNC2)cs1. The third kappa shape index (κ3) is 1.40. The molecule has 0 radical (unpaired) electrons. The molecule has 0 saturated carbocycles. The minimum absolute atomic E-state index is 0.176. The first-order valence-electron chi connectivity index (χ1n) is 4.29. The van der Waals surface area contributed by atoms with Crippen LogP contribution in [0, 0.1) is 12.3 Å². The van der Waals surface area contributed by atoms with Crippen LogP contribution in [0.5, 0.6) is 0 Å². The summed E-state index contributed by atoms with van der Waals surface area (Å²) in [6.07, 6.45) is 0. The molecule has 0 aliphatic carbocycles. The van der Waals surface area contributed by atoms with E-state index in [9.17, 15) is 4.79 Å². The van der Waals surface area contributed by atoms with Gasteiger partial charge in [-0.2, -0.15) is 0 Å². The first kappa shape index (κ1) is 8.84. The largest absolute Gasteiger partial charge is 0.315 e. The van der Waals surface area contributed by atoms with Gasteiger partial charge in [0.1, 0.15) is 5.69 Å². The Morgan fingerprint density at radius 3 is 2.77 bits per heavy atom. The van der Waals surface area contributed by atoms with Gasteiger partial charge in [0.15, 0.2) is 5.78 Å². The highest BCUT2D eigenvalue weighted by Crippen LogP contribution is 2.27. The number of Topliss-reactive ketones (excluding diaryl/α,β-unsaturated/α-hetero) is 1. The van der Waals surface area contributed by atoms with E-state index in [0.717, 1.165) is 18.1 Å². The standard InChI is InChI=1S/C9H12N2OS/c1-6-11-7(3-13-6)8(12)9(2)4-10-5-9/h3,10H,4-5H2,1-2H3. The zero-order chi connectivity index (χ0) is 9.47. The normalized spacial score (nSPS) is 19.5. The Kier molecular flexibility index (Phi) is 1.96. The molecule has 3 nitrogen and oxygen atoms in total. The Labute approximate surface area is 81.2 Å². The van der Waals surface area contributed by atoms with Crippen LogP contribution in [0.2, 0.25) is 0 Å². The van der Waals surface area contributed by atoms with Crippen LogP contribution in [-0.2, 0) is 0 Å². The van der Waals surface area contributed by atoms with E-state index in [1.807, 2.05) is 19.2 Å². The lowest BCUT2D eigenvalue weighted by Crippen LogP contribution is -2.56. The molecule has 13 heavy (non-hydrogen) atoms. The zero-order valence-electron chi connectivity index (χ0n) is 7.76. The van der Waals surface area contributed by atoms with Gasteiger partial charge in [-0.05, 0) is 13.8 Å². The summed E-state index contributed by atoms with van der Waals surface area (Å²) in [4.78, 5) is 16.1. The molecule has 2 heterocycles.